The second kappa shape index (κ2) is 6.36. The van der Waals surface area contributed by atoms with E-state index >= 15 is 0 Å². The van der Waals surface area contributed by atoms with Gasteiger partial charge in [-0.05, 0) is 12.1 Å². The van der Waals surface area contributed by atoms with Gasteiger partial charge in [0.1, 0.15) is 5.75 Å². The van der Waals surface area contributed by atoms with Gasteiger partial charge in [-0.15, -0.1) is 11.6 Å². The molecule has 0 heterocycles. The molecule has 0 aromatic heterocycles. The molecule has 0 aliphatic rings. The number of methoxy groups -OCH3 is 1. The zero-order valence-electron chi connectivity index (χ0n) is 9.11. The molecule has 82 valence electrons. The number of allylic oxidation sites excluding steroid dienone is 1. The predicted octanol–water partition coefficient (Wildman–Crippen LogP) is 2.93. The average molecular weight is 226 g/mol. The molecule has 2 nitrogen and oxygen atoms in total. The molecular formula is C12H16ClNO. The summed E-state index contributed by atoms with van der Waals surface area (Å²) in [6.45, 7) is 0.826. The molecule has 0 aliphatic heterocycles. The summed E-state index contributed by atoms with van der Waals surface area (Å²) in [5.41, 5.74) is 1.08. The van der Waals surface area contributed by atoms with Crippen LogP contribution >= 0.6 is 11.6 Å². The molecule has 0 N–H and O–H groups in total. The number of likely N-dealkylation sites (N-methyl/N-ethyl adjacent to an activating group) is 1. The highest BCUT2D eigenvalue weighted by molar-refractivity contribution is 6.18. The number of para-hydroxylation sites is 2. The standard InChI is InChI=1S/C12H16ClNO/c1-14(10-6-5-9-13)11-7-3-4-8-12(11)15-2/h3-8H,9-10H2,1-2H3. The number of rotatable bonds is 5. The van der Waals surface area contributed by atoms with E-state index < -0.39 is 0 Å². The Labute approximate surface area is 96.1 Å². The fourth-order valence-corrected chi connectivity index (χ4v) is 1.47. The normalized spacial score (nSPS) is 10.6. The maximum atomic E-state index is 5.56. The van der Waals surface area contributed by atoms with E-state index in [2.05, 4.69) is 4.90 Å². The van der Waals surface area contributed by atoms with Gasteiger partial charge in [-0.2, -0.15) is 0 Å². The van der Waals surface area contributed by atoms with Gasteiger partial charge in [0.15, 0.2) is 0 Å². The second-order valence-corrected chi connectivity index (χ2v) is 3.49. The first-order valence-electron chi connectivity index (χ1n) is 4.84. The maximum Gasteiger partial charge on any atom is 0.142 e. The van der Waals surface area contributed by atoms with Gasteiger partial charge < -0.3 is 9.64 Å². The summed E-state index contributed by atoms with van der Waals surface area (Å²) in [5.74, 6) is 1.44. The first-order chi connectivity index (χ1) is 7.29. The van der Waals surface area contributed by atoms with Crippen molar-refractivity contribution in [2.45, 2.75) is 0 Å². The molecule has 0 unspecified atom stereocenters. The molecule has 1 rings (SSSR count). The van der Waals surface area contributed by atoms with Gasteiger partial charge in [0, 0.05) is 19.5 Å². The number of halogens is 1. The van der Waals surface area contributed by atoms with Crippen LogP contribution in [-0.4, -0.2) is 26.6 Å². The molecule has 0 saturated carbocycles. The molecule has 15 heavy (non-hydrogen) atoms. The summed E-state index contributed by atoms with van der Waals surface area (Å²) in [4.78, 5) is 2.11. The Hall–Kier alpha value is -1.15. The molecule has 0 radical (unpaired) electrons. The number of alkyl halides is 1. The van der Waals surface area contributed by atoms with Gasteiger partial charge in [-0.3, -0.25) is 0 Å². The van der Waals surface area contributed by atoms with Crippen molar-refractivity contribution in [3.8, 4) is 5.75 Å². The smallest absolute Gasteiger partial charge is 0.142 e. The number of benzene rings is 1. The number of ether oxygens (including phenoxy) is 1. The molecule has 1 aromatic carbocycles. The Morgan fingerprint density at radius 3 is 2.73 bits per heavy atom. The topological polar surface area (TPSA) is 12.5 Å². The third kappa shape index (κ3) is 3.48. The van der Waals surface area contributed by atoms with Crippen LogP contribution in [0, 0.1) is 0 Å². The summed E-state index contributed by atoms with van der Waals surface area (Å²) < 4.78 is 5.28. The van der Waals surface area contributed by atoms with Crippen molar-refractivity contribution in [3.05, 3.63) is 36.4 Å². The highest BCUT2D eigenvalue weighted by Crippen LogP contribution is 2.26. The van der Waals surface area contributed by atoms with E-state index in [4.69, 9.17) is 16.3 Å². The van der Waals surface area contributed by atoms with E-state index in [9.17, 15) is 0 Å². The lowest BCUT2D eigenvalue weighted by molar-refractivity contribution is 0.415. The van der Waals surface area contributed by atoms with Crippen LogP contribution in [0.5, 0.6) is 5.75 Å². The van der Waals surface area contributed by atoms with Crippen LogP contribution in [0.25, 0.3) is 0 Å². The van der Waals surface area contributed by atoms with Crippen molar-refractivity contribution < 1.29 is 4.74 Å². The van der Waals surface area contributed by atoms with Crippen LogP contribution in [0.2, 0.25) is 0 Å². The molecule has 3 heteroatoms. The molecule has 0 fully saturated rings. The molecule has 0 amide bonds. The van der Waals surface area contributed by atoms with Gasteiger partial charge in [0.25, 0.3) is 0 Å². The Balaban J connectivity index is 2.72. The van der Waals surface area contributed by atoms with Gasteiger partial charge in [-0.25, -0.2) is 0 Å². The molecule has 0 saturated heterocycles. The lowest BCUT2D eigenvalue weighted by atomic mass is 10.2. The molecule has 0 aliphatic carbocycles. The number of hydrogen-bond acceptors (Lipinski definition) is 2. The first-order valence-corrected chi connectivity index (χ1v) is 5.38. The predicted molar refractivity (Wildman–Crippen MR) is 66.1 cm³/mol. The Morgan fingerprint density at radius 1 is 1.33 bits per heavy atom. The molecule has 0 spiro atoms. The van der Waals surface area contributed by atoms with Gasteiger partial charge >= 0.3 is 0 Å². The third-order valence-electron chi connectivity index (χ3n) is 2.13. The number of anilines is 1. The van der Waals surface area contributed by atoms with Crippen LogP contribution in [0.3, 0.4) is 0 Å². The zero-order valence-corrected chi connectivity index (χ0v) is 9.87. The highest BCUT2D eigenvalue weighted by atomic mass is 35.5. The molecule has 0 bridgehead atoms. The summed E-state index contributed by atoms with van der Waals surface area (Å²) in [6.07, 6.45) is 3.98. The number of nitrogens with zero attached hydrogens (tertiary/aromatic N) is 1. The van der Waals surface area contributed by atoms with E-state index in [1.54, 1.807) is 7.11 Å². The number of hydrogen-bond donors (Lipinski definition) is 0. The van der Waals surface area contributed by atoms with E-state index in [1.165, 1.54) is 0 Å². The lowest BCUT2D eigenvalue weighted by Crippen LogP contribution is -2.17. The average Bonchev–Trinajstić information content (AvgIpc) is 2.29. The van der Waals surface area contributed by atoms with Gasteiger partial charge in [0.05, 0.1) is 12.8 Å². The van der Waals surface area contributed by atoms with Crippen LogP contribution in [-0.2, 0) is 0 Å². The van der Waals surface area contributed by atoms with E-state index in [-0.39, 0.29) is 0 Å². The first kappa shape index (κ1) is 11.9. The minimum absolute atomic E-state index is 0.555. The van der Waals surface area contributed by atoms with Crippen molar-refractivity contribution in [2.75, 3.05) is 31.5 Å². The van der Waals surface area contributed by atoms with Crippen molar-refractivity contribution in [1.82, 2.24) is 0 Å². The maximum absolute atomic E-state index is 5.56. The van der Waals surface area contributed by atoms with E-state index in [0.717, 1.165) is 18.0 Å². The molecule has 1 aromatic rings. The van der Waals surface area contributed by atoms with Crippen molar-refractivity contribution >= 4 is 17.3 Å². The van der Waals surface area contributed by atoms with Crippen LogP contribution < -0.4 is 9.64 Å². The van der Waals surface area contributed by atoms with Gasteiger partial charge in [-0.1, -0.05) is 24.3 Å². The third-order valence-corrected chi connectivity index (χ3v) is 2.31. The van der Waals surface area contributed by atoms with Gasteiger partial charge in [0.2, 0.25) is 0 Å². The SMILES string of the molecule is COc1ccccc1N(C)CC=CCCl. The highest BCUT2D eigenvalue weighted by Gasteiger charge is 2.04. The minimum atomic E-state index is 0.555. The summed E-state index contributed by atoms with van der Waals surface area (Å²) >= 11 is 5.56. The summed E-state index contributed by atoms with van der Waals surface area (Å²) in [6, 6.07) is 7.95. The largest absolute Gasteiger partial charge is 0.495 e. The summed E-state index contributed by atoms with van der Waals surface area (Å²) in [5, 5.41) is 0. The van der Waals surface area contributed by atoms with E-state index in [0.29, 0.717) is 5.88 Å². The Kier molecular flexibility index (Phi) is 5.05. The van der Waals surface area contributed by atoms with E-state index in [1.807, 2.05) is 43.5 Å². The van der Waals surface area contributed by atoms with Crippen molar-refractivity contribution in [3.63, 3.8) is 0 Å². The van der Waals surface area contributed by atoms with Crippen molar-refractivity contribution in [2.24, 2.45) is 0 Å². The second-order valence-electron chi connectivity index (χ2n) is 3.18. The Bertz CT molecular complexity index is 325. The van der Waals surface area contributed by atoms with Crippen LogP contribution in [0.1, 0.15) is 0 Å². The molecular weight excluding hydrogens is 210 g/mol. The summed E-state index contributed by atoms with van der Waals surface area (Å²) in [7, 11) is 3.71. The lowest BCUT2D eigenvalue weighted by Gasteiger charge is -2.19. The quantitative estimate of drug-likeness (QED) is 0.565. The fraction of sp³-hybridized carbons (Fsp3) is 0.333. The monoisotopic (exact) mass is 225 g/mol. The van der Waals surface area contributed by atoms with Crippen LogP contribution in [0.4, 0.5) is 5.69 Å². The minimum Gasteiger partial charge on any atom is -0.495 e. The zero-order chi connectivity index (χ0) is 11.1. The van der Waals surface area contributed by atoms with Crippen LogP contribution in [0.15, 0.2) is 36.4 Å². The molecule has 0 atom stereocenters. The fourth-order valence-electron chi connectivity index (χ4n) is 1.34. The Morgan fingerprint density at radius 2 is 2.07 bits per heavy atom. The van der Waals surface area contributed by atoms with Crippen molar-refractivity contribution in [1.29, 1.82) is 0 Å².